The number of hydrogen-bond acceptors (Lipinski definition) is 28. The number of carboxylic acid groups (broad SMARTS) is 2. The Hall–Kier alpha value is -13.2. The van der Waals surface area contributed by atoms with Crippen LogP contribution in [0.15, 0.2) is 108 Å². The molecule has 17 amide bonds. The number of carbonyl (C=O) groups excluding carboxylic acids is 17. The second kappa shape index (κ2) is 53.5. The molecule has 0 aliphatic carbocycles. The third kappa shape index (κ3) is 37.2. The minimum absolute atomic E-state index is 0.0174. The van der Waals surface area contributed by atoms with E-state index in [1.54, 1.807) is 78.9 Å². The van der Waals surface area contributed by atoms with Gasteiger partial charge >= 0.3 is 11.9 Å². The molecule has 2 heterocycles. The van der Waals surface area contributed by atoms with Crippen molar-refractivity contribution >= 4 is 154 Å². The Balaban J connectivity index is 1.54. The molecule has 6 rings (SSSR count). The average Bonchev–Trinajstić information content (AvgIpc) is 0.898. The number of thioether (sulfide) groups is 3. The lowest BCUT2D eigenvalue weighted by atomic mass is 10.0. The number of aliphatic hydroxyl groups excluding tert-OH is 3. The number of aliphatic carboxylic acids is 2. The first-order valence-corrected chi connectivity index (χ1v) is 44.0. The highest BCUT2D eigenvalue weighted by Gasteiger charge is 2.39. The maximum atomic E-state index is 15.1. The Labute approximate surface area is 757 Å². The molecule has 46 nitrogen and oxygen atoms in total. The fourth-order valence-corrected chi connectivity index (χ4v) is 15.6. The Bertz CT molecular complexity index is 4710. The highest BCUT2D eigenvalue weighted by atomic mass is 32.2. The monoisotopic (exact) mass is 1870 g/mol. The van der Waals surface area contributed by atoms with Crippen molar-refractivity contribution in [1.29, 1.82) is 0 Å². The van der Waals surface area contributed by atoms with Gasteiger partial charge in [-0.25, -0.2) is 0 Å². The number of guanidine groups is 1. The van der Waals surface area contributed by atoms with E-state index in [1.165, 1.54) is 31.2 Å². The van der Waals surface area contributed by atoms with Crippen LogP contribution in [0, 0.1) is 0 Å². The van der Waals surface area contributed by atoms with Gasteiger partial charge in [0.25, 0.3) is 0 Å². The lowest BCUT2D eigenvalue weighted by molar-refractivity contribution is -0.141. The molecule has 130 heavy (non-hydrogen) atoms. The van der Waals surface area contributed by atoms with Gasteiger partial charge in [0.15, 0.2) is 5.96 Å². The van der Waals surface area contributed by atoms with Crippen molar-refractivity contribution in [2.75, 3.05) is 56.6 Å². The van der Waals surface area contributed by atoms with Crippen LogP contribution in [-0.4, -0.2) is 296 Å². The van der Waals surface area contributed by atoms with Gasteiger partial charge < -0.3 is 139 Å². The molecule has 49 heteroatoms. The maximum Gasteiger partial charge on any atom is 0.305 e. The van der Waals surface area contributed by atoms with Crippen LogP contribution in [-0.2, 0) is 128 Å². The van der Waals surface area contributed by atoms with Crippen molar-refractivity contribution in [3.05, 3.63) is 137 Å². The molecule has 0 spiro atoms. The van der Waals surface area contributed by atoms with Crippen LogP contribution in [0.2, 0.25) is 0 Å². The van der Waals surface area contributed by atoms with Crippen molar-refractivity contribution in [3.8, 4) is 5.75 Å². The average molecular weight is 1870 g/mol. The first kappa shape index (κ1) is 106. The number of rotatable bonds is 22. The predicted molar refractivity (Wildman–Crippen MR) is 470 cm³/mol. The zero-order chi connectivity index (χ0) is 95.8. The van der Waals surface area contributed by atoms with E-state index in [4.69, 9.17) is 22.9 Å². The van der Waals surface area contributed by atoms with Crippen LogP contribution >= 0.6 is 35.3 Å². The van der Waals surface area contributed by atoms with E-state index in [0.717, 1.165) is 49.1 Å². The number of nitrogens with two attached hydrogens (primary N) is 4. The molecule has 0 saturated carbocycles. The van der Waals surface area contributed by atoms with Crippen LogP contribution in [0.5, 0.6) is 5.75 Å². The summed E-state index contributed by atoms with van der Waals surface area (Å²) in [6.07, 6.45) is -7.58. The molecule has 2 aliphatic heterocycles. The van der Waals surface area contributed by atoms with Crippen LogP contribution in [0.4, 0.5) is 0 Å². The third-order valence-corrected chi connectivity index (χ3v) is 22.5. The molecule has 4 bridgehead atoms. The molecular formula is C81H109N21O25S3. The molecular weight excluding hydrogens is 1760 g/mol. The molecule has 0 aromatic heterocycles. The van der Waals surface area contributed by atoms with Gasteiger partial charge in [-0.15, -0.1) is 0 Å². The van der Waals surface area contributed by atoms with E-state index >= 15 is 4.79 Å². The molecule has 4 aromatic rings. The summed E-state index contributed by atoms with van der Waals surface area (Å²) in [5.41, 5.74) is 24.7. The first-order chi connectivity index (χ1) is 61.6. The van der Waals surface area contributed by atoms with Gasteiger partial charge in [-0.05, 0) is 79.1 Å². The van der Waals surface area contributed by atoms with Crippen molar-refractivity contribution in [2.45, 2.75) is 174 Å². The highest BCUT2D eigenvalue weighted by Crippen LogP contribution is 2.26. The van der Waals surface area contributed by atoms with Crippen LogP contribution in [0.1, 0.15) is 79.8 Å². The number of aliphatic imine (C=N–C) groups is 1. The quantitative estimate of drug-likeness (QED) is 0.0197. The Morgan fingerprint density at radius 3 is 1.35 bits per heavy atom. The van der Waals surface area contributed by atoms with E-state index in [2.05, 4.69) is 90.1 Å². The van der Waals surface area contributed by atoms with Crippen molar-refractivity contribution in [2.24, 2.45) is 27.9 Å². The Morgan fingerprint density at radius 2 is 0.862 bits per heavy atom. The van der Waals surface area contributed by atoms with E-state index < -0.39 is 261 Å². The van der Waals surface area contributed by atoms with E-state index in [1.807, 2.05) is 0 Å². The fourth-order valence-electron chi connectivity index (χ4n) is 12.6. The van der Waals surface area contributed by atoms with Gasteiger partial charge in [-0.1, -0.05) is 91.0 Å². The third-order valence-electron chi connectivity index (χ3n) is 19.2. The zero-order valence-electron chi connectivity index (χ0n) is 70.8. The molecule has 0 saturated heterocycles. The van der Waals surface area contributed by atoms with Crippen molar-refractivity contribution in [3.63, 3.8) is 0 Å². The largest absolute Gasteiger partial charge is 0.508 e. The lowest BCUT2D eigenvalue weighted by Crippen LogP contribution is -2.62. The number of benzene rings is 4. The van der Waals surface area contributed by atoms with Crippen LogP contribution in [0.3, 0.4) is 0 Å². The summed E-state index contributed by atoms with van der Waals surface area (Å²) in [5.74, 6) is -25.2. The molecule has 30 N–H and O–H groups in total. The minimum atomic E-state index is -2.16. The summed E-state index contributed by atoms with van der Waals surface area (Å²) in [4.78, 5) is 270. The summed E-state index contributed by atoms with van der Waals surface area (Å²) in [7, 11) is 0. The number of hydrogen-bond donors (Lipinski definition) is 26. The predicted octanol–water partition coefficient (Wildman–Crippen LogP) is -9.28. The SMILES string of the molecule is C[C@H](N)C(=O)N[C@H]1CSCc2cc3cc(c2)CSC[C@H](NC(=O)[C@H](CC(=O)O)NC(=O)CNC(=O)[C@H](CO)NC(=O)CNC(=O)[C@H](CCCN=C(N)N)NC(=O)[C@H]([C@H](C)O)NC1=O)C(=O)N[C@@H]([C@H](C)O)C(=O)N[C@@H](Cc1ccc(O)cc1)C(=O)N[C@@H](CC(=O)O)C(=O)N[C@@H](Cc1ccccc1)C(=O)NCC(=O)N[C@@H](Cc1ccccc1)C(=O)N[C@H](C(=O)NCC(N)=O)CSC3. The van der Waals surface area contributed by atoms with Gasteiger partial charge in [0.05, 0.1) is 63.9 Å². The van der Waals surface area contributed by atoms with Crippen LogP contribution < -0.4 is 108 Å². The number of phenolic OH excluding ortho intramolecular Hbond substituents is 1. The van der Waals surface area contributed by atoms with Crippen LogP contribution in [0.25, 0.3) is 0 Å². The molecule has 0 unspecified atom stereocenters. The Kier molecular flexibility index (Phi) is 43.5. The number of nitrogens with one attached hydrogen (secondary N) is 16. The number of carbonyl (C=O) groups is 19. The highest BCUT2D eigenvalue weighted by molar-refractivity contribution is 7.99. The number of phenols is 1. The number of carboxylic acids is 2. The minimum Gasteiger partial charge on any atom is -0.508 e. The zero-order valence-corrected chi connectivity index (χ0v) is 73.3. The molecule has 0 radical (unpaired) electrons. The Morgan fingerprint density at radius 1 is 0.462 bits per heavy atom. The normalized spacial score (nSPS) is 23.5. The molecule has 0 fully saturated rings. The number of primary amides is 1. The number of aromatic hydroxyl groups is 1. The van der Waals surface area contributed by atoms with Gasteiger partial charge in [0, 0.05) is 60.3 Å². The fraction of sp³-hybridized carbons (Fsp3) is 0.457. The van der Waals surface area contributed by atoms with Gasteiger partial charge in [0.1, 0.15) is 78.3 Å². The van der Waals surface area contributed by atoms with E-state index in [-0.39, 0.29) is 78.3 Å². The first-order valence-electron chi connectivity index (χ1n) is 40.6. The van der Waals surface area contributed by atoms with Crippen molar-refractivity contribution < 1.29 is 122 Å². The summed E-state index contributed by atoms with van der Waals surface area (Å²) < 4.78 is 0. The smallest absolute Gasteiger partial charge is 0.305 e. The maximum absolute atomic E-state index is 15.1. The number of fused-ring (bicyclic) bond motifs is 5. The van der Waals surface area contributed by atoms with E-state index in [9.17, 15) is 117 Å². The topological polar surface area (TPSA) is 755 Å². The lowest BCUT2D eigenvalue weighted by Gasteiger charge is -2.28. The second-order valence-corrected chi connectivity index (χ2v) is 33.2. The van der Waals surface area contributed by atoms with E-state index in [0.29, 0.717) is 27.8 Å². The summed E-state index contributed by atoms with van der Waals surface area (Å²) in [5, 5.41) is 101. The van der Waals surface area contributed by atoms with Gasteiger partial charge in [0.2, 0.25) is 100 Å². The molecule has 15 atom stereocenters. The summed E-state index contributed by atoms with van der Waals surface area (Å²) >= 11 is 2.91. The van der Waals surface area contributed by atoms with Crippen molar-refractivity contribution in [1.82, 2.24) is 85.1 Å². The van der Waals surface area contributed by atoms with Gasteiger partial charge in [-0.2, -0.15) is 35.3 Å². The molecule has 706 valence electrons. The number of aliphatic hydroxyl groups is 3. The number of amides is 17. The second-order valence-electron chi connectivity index (χ2n) is 30.1. The van der Waals surface area contributed by atoms with Gasteiger partial charge in [-0.3, -0.25) is 96.1 Å². The number of nitrogens with zero attached hydrogens (tertiary/aromatic N) is 1. The standard InChI is InChI=1S/C81H109N21O25S3/c1-40(82)68(115)98-58-38-129-35-47-21-46-22-48(23-47)36-130-39-59(100-75(122)54(27-64(111)112)92-62(109)31-90-71(118)56(33-103)93-63(110)32-88-69(116)50(15-10-20-86-81(84)85)94-79(126)66(41(2)104)101-77(58)124)78(125)102-67(42(3)105)80(127)97-53(26-45-16-18-49(106)19-17-45)74(121)96-55(28-65(113)114)76(123)95-51(24-43-11-6-4-7-12-43)70(117)89-30-61(108)91-52(25-44-13-8-5-9-14-44)73(120)99-57(37-128-34-46)72(119)87-29-60(83)107/h4-9,11-14,16-19,21-23,40-42,50-59,66-67,103-106H,10,15,20,24-39,82H2,1-3H3,(H2,83,107)(H,87,119)(H,88,116)(H,89,117)(H,90,118)(H,91,108)(H,92,109)(H,93,110)(H,94,126)(H,95,123)(H,96,121)(H,97,127)(H,98,115)(H,99,120)(H,100,122)(H,101,124)(H,102,125)(H,111,112)(H,113,114)(H4,84,85,86)/t40-,41-,42-,50-,51-,52-,53-,54-,55-,56-,57-,58-,59-,66-,67-/m0/s1. The molecule has 4 aromatic carbocycles. The summed E-state index contributed by atoms with van der Waals surface area (Å²) in [6.45, 7) is -1.54. The molecule has 2 aliphatic rings. The summed E-state index contributed by atoms with van der Waals surface area (Å²) in [6, 6.07) is 2.78.